The molecule has 0 saturated carbocycles. The highest BCUT2D eigenvalue weighted by molar-refractivity contribution is 5.45. The molecule has 0 saturated heterocycles. The van der Waals surface area contributed by atoms with Gasteiger partial charge in [-0.2, -0.15) is 0 Å². The van der Waals surface area contributed by atoms with Crippen LogP contribution in [0.4, 0.5) is 0 Å². The van der Waals surface area contributed by atoms with Gasteiger partial charge in [-0.25, -0.2) is 0 Å². The number of unbranched alkanes of at least 4 members (excludes halogenated alkanes) is 2. The minimum atomic E-state index is 0.555. The Labute approximate surface area is 144 Å². The van der Waals surface area contributed by atoms with Crippen molar-refractivity contribution in [3.8, 4) is 0 Å². The highest BCUT2D eigenvalue weighted by atomic mass is 14.2. The predicted molar refractivity (Wildman–Crippen MR) is 106 cm³/mol. The summed E-state index contributed by atoms with van der Waals surface area (Å²) >= 11 is 0. The van der Waals surface area contributed by atoms with E-state index < -0.39 is 0 Å². The lowest BCUT2D eigenvalue weighted by Crippen LogP contribution is -2.05. The molecule has 0 heteroatoms. The lowest BCUT2D eigenvalue weighted by molar-refractivity contribution is 0.705. The maximum Gasteiger partial charge on any atom is -0.00392 e. The normalized spacial score (nSPS) is 18.6. The number of hydrogen-bond donors (Lipinski definition) is 0. The molecule has 0 N–H and O–H groups in total. The third-order valence-corrected chi connectivity index (χ3v) is 4.64. The molecule has 0 bridgehead atoms. The molecule has 0 heterocycles. The summed E-state index contributed by atoms with van der Waals surface area (Å²) in [6.45, 7) is 15.5. The summed E-state index contributed by atoms with van der Waals surface area (Å²) in [5, 5.41) is 0. The summed E-state index contributed by atoms with van der Waals surface area (Å²) < 4.78 is 0. The standard InChI is InChI=1S/C23H36/c1-7-8-9-13-22-16-21(6)23(17-20(22)5)15-14-19(4)12-10-11-18(2)3/h11,14,16-17,21H,5,7-10,12-13,15H2,1-4,6H3/b19-14+. The molecule has 0 fully saturated rings. The van der Waals surface area contributed by atoms with Crippen LogP contribution in [0, 0.1) is 5.92 Å². The molecule has 0 amide bonds. The van der Waals surface area contributed by atoms with Gasteiger partial charge in [-0.1, -0.05) is 74.3 Å². The van der Waals surface area contributed by atoms with Crippen LogP contribution < -0.4 is 0 Å². The van der Waals surface area contributed by atoms with Crippen molar-refractivity contribution in [2.24, 2.45) is 5.92 Å². The Kier molecular flexibility index (Phi) is 8.99. The lowest BCUT2D eigenvalue weighted by Gasteiger charge is -2.21. The Morgan fingerprint density at radius 1 is 1.17 bits per heavy atom. The van der Waals surface area contributed by atoms with Gasteiger partial charge in [-0.05, 0) is 69.9 Å². The van der Waals surface area contributed by atoms with Crippen LogP contribution in [0.25, 0.3) is 0 Å². The largest absolute Gasteiger partial charge is 0.0915 e. The zero-order chi connectivity index (χ0) is 17.2. The molecule has 0 aromatic carbocycles. The Hall–Kier alpha value is -1.30. The quantitative estimate of drug-likeness (QED) is 0.302. The molecule has 0 aromatic rings. The van der Waals surface area contributed by atoms with Gasteiger partial charge in [0.15, 0.2) is 0 Å². The van der Waals surface area contributed by atoms with Crippen molar-refractivity contribution in [1.82, 2.24) is 0 Å². The van der Waals surface area contributed by atoms with Crippen molar-refractivity contribution in [3.05, 3.63) is 58.7 Å². The van der Waals surface area contributed by atoms with Crippen LogP contribution in [0.5, 0.6) is 0 Å². The highest BCUT2D eigenvalue weighted by Crippen LogP contribution is 2.31. The minimum Gasteiger partial charge on any atom is -0.0915 e. The average molecular weight is 313 g/mol. The van der Waals surface area contributed by atoms with Gasteiger partial charge in [-0.15, -0.1) is 0 Å². The molecule has 0 nitrogen and oxygen atoms in total. The van der Waals surface area contributed by atoms with E-state index in [-0.39, 0.29) is 0 Å². The molecular formula is C23H36. The van der Waals surface area contributed by atoms with Crippen molar-refractivity contribution in [1.29, 1.82) is 0 Å². The molecule has 1 unspecified atom stereocenters. The van der Waals surface area contributed by atoms with Crippen molar-refractivity contribution in [2.75, 3.05) is 0 Å². The fourth-order valence-electron chi connectivity index (χ4n) is 3.00. The second kappa shape index (κ2) is 10.5. The van der Waals surface area contributed by atoms with E-state index in [0.29, 0.717) is 5.92 Å². The van der Waals surface area contributed by atoms with Crippen molar-refractivity contribution in [2.45, 2.75) is 79.6 Å². The minimum absolute atomic E-state index is 0.555. The zero-order valence-corrected chi connectivity index (χ0v) is 16.0. The van der Waals surface area contributed by atoms with E-state index in [1.165, 1.54) is 60.0 Å². The van der Waals surface area contributed by atoms with E-state index in [9.17, 15) is 0 Å². The van der Waals surface area contributed by atoms with Gasteiger partial charge < -0.3 is 0 Å². The first kappa shape index (κ1) is 19.7. The van der Waals surface area contributed by atoms with Crippen LogP contribution >= 0.6 is 0 Å². The monoisotopic (exact) mass is 312 g/mol. The van der Waals surface area contributed by atoms with Gasteiger partial charge in [0.2, 0.25) is 0 Å². The van der Waals surface area contributed by atoms with Gasteiger partial charge in [0.05, 0.1) is 0 Å². The SMILES string of the molecule is C=C1C=C(C/C=C(\C)CCC=C(C)C)C(C)C=C1CCCCC. The molecule has 1 aliphatic rings. The summed E-state index contributed by atoms with van der Waals surface area (Å²) in [6, 6.07) is 0. The Morgan fingerprint density at radius 3 is 2.57 bits per heavy atom. The van der Waals surface area contributed by atoms with E-state index in [4.69, 9.17) is 0 Å². The van der Waals surface area contributed by atoms with Crippen LogP contribution in [0.3, 0.4) is 0 Å². The van der Waals surface area contributed by atoms with Gasteiger partial charge in [0, 0.05) is 0 Å². The Bertz CT molecular complexity index is 504. The summed E-state index contributed by atoms with van der Waals surface area (Å²) in [7, 11) is 0. The molecule has 23 heavy (non-hydrogen) atoms. The van der Waals surface area contributed by atoms with Crippen LogP contribution in [-0.2, 0) is 0 Å². The zero-order valence-electron chi connectivity index (χ0n) is 16.0. The van der Waals surface area contributed by atoms with Crippen molar-refractivity contribution >= 4 is 0 Å². The first-order valence-corrected chi connectivity index (χ1v) is 9.33. The van der Waals surface area contributed by atoms with Crippen LogP contribution in [-0.4, -0.2) is 0 Å². The fraction of sp³-hybridized carbons (Fsp3) is 0.565. The van der Waals surface area contributed by atoms with Crippen molar-refractivity contribution < 1.29 is 0 Å². The third kappa shape index (κ3) is 7.68. The molecule has 0 aromatic heterocycles. The number of hydrogen-bond acceptors (Lipinski definition) is 0. The van der Waals surface area contributed by atoms with E-state index in [0.717, 1.165) is 12.8 Å². The summed E-state index contributed by atoms with van der Waals surface area (Å²) in [6.07, 6.45) is 18.0. The van der Waals surface area contributed by atoms with E-state index >= 15 is 0 Å². The molecular weight excluding hydrogens is 276 g/mol. The van der Waals surface area contributed by atoms with E-state index in [1.54, 1.807) is 0 Å². The first-order valence-electron chi connectivity index (χ1n) is 9.33. The fourth-order valence-corrected chi connectivity index (χ4v) is 3.00. The Morgan fingerprint density at radius 2 is 1.91 bits per heavy atom. The summed E-state index contributed by atoms with van der Waals surface area (Å²) in [5.41, 5.74) is 7.14. The van der Waals surface area contributed by atoms with E-state index in [1.807, 2.05) is 0 Å². The smallest absolute Gasteiger partial charge is 0.00392 e. The van der Waals surface area contributed by atoms with Crippen LogP contribution in [0.2, 0.25) is 0 Å². The first-order chi connectivity index (χ1) is 10.9. The van der Waals surface area contributed by atoms with Crippen molar-refractivity contribution in [3.63, 3.8) is 0 Å². The number of rotatable bonds is 9. The maximum absolute atomic E-state index is 4.28. The molecule has 128 valence electrons. The molecule has 0 radical (unpaired) electrons. The molecule has 0 spiro atoms. The molecule has 1 aliphatic carbocycles. The second-order valence-electron chi connectivity index (χ2n) is 7.26. The van der Waals surface area contributed by atoms with Gasteiger partial charge in [0.25, 0.3) is 0 Å². The summed E-state index contributed by atoms with van der Waals surface area (Å²) in [5.74, 6) is 0.555. The average Bonchev–Trinajstić information content (AvgIpc) is 2.48. The van der Waals surface area contributed by atoms with Gasteiger partial charge in [-0.3, -0.25) is 0 Å². The third-order valence-electron chi connectivity index (χ3n) is 4.64. The number of allylic oxidation sites excluding steroid dienone is 9. The van der Waals surface area contributed by atoms with Gasteiger partial charge in [0.1, 0.15) is 0 Å². The van der Waals surface area contributed by atoms with Crippen LogP contribution in [0.15, 0.2) is 58.7 Å². The van der Waals surface area contributed by atoms with E-state index in [2.05, 4.69) is 65.5 Å². The Balaban J connectivity index is 2.54. The molecule has 1 rings (SSSR count). The molecule has 1 atom stereocenters. The lowest BCUT2D eigenvalue weighted by atomic mass is 9.84. The highest BCUT2D eigenvalue weighted by Gasteiger charge is 2.14. The second-order valence-corrected chi connectivity index (χ2v) is 7.26. The van der Waals surface area contributed by atoms with Gasteiger partial charge >= 0.3 is 0 Å². The topological polar surface area (TPSA) is 0 Å². The summed E-state index contributed by atoms with van der Waals surface area (Å²) in [4.78, 5) is 0. The molecule has 0 aliphatic heterocycles. The van der Waals surface area contributed by atoms with Crippen LogP contribution in [0.1, 0.15) is 79.6 Å². The maximum atomic E-state index is 4.28. The predicted octanol–water partition coefficient (Wildman–Crippen LogP) is 7.71.